The van der Waals surface area contributed by atoms with Gasteiger partial charge in [-0.15, -0.1) is 0 Å². The molecule has 0 aliphatic heterocycles. The van der Waals surface area contributed by atoms with E-state index in [0.717, 1.165) is 6.42 Å². The van der Waals surface area contributed by atoms with Crippen molar-refractivity contribution in [1.29, 1.82) is 5.26 Å². The Morgan fingerprint density at radius 2 is 1.64 bits per heavy atom. The average Bonchev–Trinajstić information content (AvgIpc) is 2.25. The first kappa shape index (κ1) is 10.8. The summed E-state index contributed by atoms with van der Waals surface area (Å²) in [7, 11) is 0. The van der Waals surface area contributed by atoms with Crippen LogP contribution < -0.4 is 0 Å². The topological polar surface area (TPSA) is 23.8 Å². The fourth-order valence-corrected chi connectivity index (χ4v) is 1.53. The number of hydrogen-bond donors (Lipinski definition) is 0. The van der Waals surface area contributed by atoms with Crippen LogP contribution in [0.1, 0.15) is 37.7 Å². The van der Waals surface area contributed by atoms with Gasteiger partial charge in [0, 0.05) is 6.42 Å². The number of rotatable bonds is 6. The lowest BCUT2D eigenvalue weighted by atomic mass is 10.1. The molecule has 1 rings (SSSR count). The molecule has 1 nitrogen and oxygen atoms in total. The summed E-state index contributed by atoms with van der Waals surface area (Å²) in [6.07, 6.45) is 6.64. The Kier molecular flexibility index (Phi) is 5.51. The van der Waals surface area contributed by atoms with E-state index in [4.69, 9.17) is 5.26 Å². The molecule has 0 saturated carbocycles. The number of nitrogens with zero attached hydrogens (tertiary/aromatic N) is 1. The number of nitriles is 1. The normalized spacial score (nSPS) is 9.64. The zero-order valence-corrected chi connectivity index (χ0v) is 8.58. The smallest absolute Gasteiger partial charge is 0.0621 e. The molecule has 0 N–H and O–H groups in total. The van der Waals surface area contributed by atoms with Crippen molar-refractivity contribution in [3.8, 4) is 6.07 Å². The fraction of sp³-hybridized carbons (Fsp3) is 0.462. The van der Waals surface area contributed by atoms with Gasteiger partial charge in [-0.3, -0.25) is 0 Å². The summed E-state index contributed by atoms with van der Waals surface area (Å²) in [5, 5.41) is 8.35. The van der Waals surface area contributed by atoms with Gasteiger partial charge in [-0.25, -0.2) is 0 Å². The van der Waals surface area contributed by atoms with Crippen molar-refractivity contribution < 1.29 is 0 Å². The minimum absolute atomic E-state index is 0.714. The van der Waals surface area contributed by atoms with E-state index in [2.05, 4.69) is 36.4 Å². The molecule has 0 aliphatic carbocycles. The third-order valence-corrected chi connectivity index (χ3v) is 2.35. The third-order valence-electron chi connectivity index (χ3n) is 2.35. The highest BCUT2D eigenvalue weighted by molar-refractivity contribution is 5.14. The quantitative estimate of drug-likeness (QED) is 0.623. The second kappa shape index (κ2) is 7.15. The van der Waals surface area contributed by atoms with Gasteiger partial charge in [-0.1, -0.05) is 43.2 Å². The van der Waals surface area contributed by atoms with Gasteiger partial charge in [0.25, 0.3) is 0 Å². The average molecular weight is 187 g/mol. The summed E-state index contributed by atoms with van der Waals surface area (Å²) in [5.41, 5.74) is 1.42. The SMILES string of the molecule is N#CCCCCCCc1ccccc1. The highest BCUT2D eigenvalue weighted by Gasteiger charge is 1.92. The van der Waals surface area contributed by atoms with E-state index >= 15 is 0 Å². The molecule has 1 heteroatoms. The van der Waals surface area contributed by atoms with Crippen LogP contribution in [0.4, 0.5) is 0 Å². The van der Waals surface area contributed by atoms with Gasteiger partial charge in [-0.2, -0.15) is 5.26 Å². The van der Waals surface area contributed by atoms with Gasteiger partial charge in [0.2, 0.25) is 0 Å². The molecule has 1 aromatic carbocycles. The number of hydrogen-bond acceptors (Lipinski definition) is 1. The molecule has 0 spiro atoms. The molecule has 0 bridgehead atoms. The zero-order chi connectivity index (χ0) is 10.1. The van der Waals surface area contributed by atoms with Gasteiger partial charge < -0.3 is 0 Å². The molecule has 14 heavy (non-hydrogen) atoms. The lowest BCUT2D eigenvalue weighted by Crippen LogP contribution is -1.85. The fourth-order valence-electron chi connectivity index (χ4n) is 1.53. The molecular weight excluding hydrogens is 170 g/mol. The third kappa shape index (κ3) is 4.67. The summed E-state index contributed by atoms with van der Waals surface area (Å²) in [6, 6.07) is 12.8. The highest BCUT2D eigenvalue weighted by atomic mass is 14.2. The van der Waals surface area contributed by atoms with Crippen LogP contribution >= 0.6 is 0 Å². The minimum atomic E-state index is 0.714. The first-order valence-electron chi connectivity index (χ1n) is 5.34. The van der Waals surface area contributed by atoms with Crippen molar-refractivity contribution in [2.45, 2.75) is 38.5 Å². The van der Waals surface area contributed by atoms with E-state index in [-0.39, 0.29) is 0 Å². The van der Waals surface area contributed by atoms with Gasteiger partial charge in [-0.05, 0) is 24.8 Å². The monoisotopic (exact) mass is 187 g/mol. The molecule has 0 radical (unpaired) electrons. The molecule has 1 aromatic rings. The Balaban J connectivity index is 2.03. The second-order valence-electron chi connectivity index (χ2n) is 3.56. The van der Waals surface area contributed by atoms with Crippen molar-refractivity contribution in [2.75, 3.05) is 0 Å². The Hall–Kier alpha value is -1.29. The van der Waals surface area contributed by atoms with Gasteiger partial charge >= 0.3 is 0 Å². The predicted molar refractivity (Wildman–Crippen MR) is 58.8 cm³/mol. The minimum Gasteiger partial charge on any atom is -0.198 e. The largest absolute Gasteiger partial charge is 0.198 e. The van der Waals surface area contributed by atoms with Crippen molar-refractivity contribution in [3.05, 3.63) is 35.9 Å². The Morgan fingerprint density at radius 1 is 0.929 bits per heavy atom. The lowest BCUT2D eigenvalue weighted by Gasteiger charge is -2.00. The van der Waals surface area contributed by atoms with Crippen molar-refractivity contribution in [1.82, 2.24) is 0 Å². The molecule has 0 unspecified atom stereocenters. The summed E-state index contributed by atoms with van der Waals surface area (Å²) in [6.45, 7) is 0. The molecule has 74 valence electrons. The van der Waals surface area contributed by atoms with Crippen LogP contribution in [-0.2, 0) is 6.42 Å². The van der Waals surface area contributed by atoms with E-state index in [0.29, 0.717) is 6.42 Å². The number of benzene rings is 1. The second-order valence-corrected chi connectivity index (χ2v) is 3.56. The maximum absolute atomic E-state index is 8.35. The Bertz CT molecular complexity index is 271. The molecule has 0 aliphatic rings. The zero-order valence-electron chi connectivity index (χ0n) is 8.58. The Labute approximate surface area is 86.4 Å². The molecule has 0 atom stereocenters. The van der Waals surface area contributed by atoms with Crippen LogP contribution in [0, 0.1) is 11.3 Å². The van der Waals surface area contributed by atoms with Crippen LogP contribution in [0.5, 0.6) is 0 Å². The van der Waals surface area contributed by atoms with Gasteiger partial charge in [0.1, 0.15) is 0 Å². The summed E-state index contributed by atoms with van der Waals surface area (Å²) in [4.78, 5) is 0. The van der Waals surface area contributed by atoms with Crippen LogP contribution in [0.3, 0.4) is 0 Å². The molecule has 0 saturated heterocycles. The Morgan fingerprint density at radius 3 is 2.36 bits per heavy atom. The van der Waals surface area contributed by atoms with E-state index in [1.807, 2.05) is 0 Å². The van der Waals surface area contributed by atoms with E-state index in [1.165, 1.54) is 31.2 Å². The van der Waals surface area contributed by atoms with E-state index in [1.54, 1.807) is 0 Å². The first-order valence-corrected chi connectivity index (χ1v) is 5.34. The van der Waals surface area contributed by atoms with Crippen LogP contribution in [-0.4, -0.2) is 0 Å². The molecule has 0 amide bonds. The maximum atomic E-state index is 8.35. The highest BCUT2D eigenvalue weighted by Crippen LogP contribution is 2.08. The van der Waals surface area contributed by atoms with Crippen LogP contribution in [0.15, 0.2) is 30.3 Å². The lowest BCUT2D eigenvalue weighted by molar-refractivity contribution is 0.648. The summed E-state index contributed by atoms with van der Waals surface area (Å²) < 4.78 is 0. The van der Waals surface area contributed by atoms with Crippen molar-refractivity contribution in [3.63, 3.8) is 0 Å². The molecule has 0 aromatic heterocycles. The standard InChI is InChI=1S/C13H17N/c14-12-8-3-1-2-5-9-13-10-6-4-7-11-13/h4,6-7,10-11H,1-3,5,8-9H2. The maximum Gasteiger partial charge on any atom is 0.0621 e. The van der Waals surface area contributed by atoms with E-state index in [9.17, 15) is 0 Å². The summed E-state index contributed by atoms with van der Waals surface area (Å²) >= 11 is 0. The van der Waals surface area contributed by atoms with Crippen molar-refractivity contribution >= 4 is 0 Å². The van der Waals surface area contributed by atoms with Gasteiger partial charge in [0.05, 0.1) is 6.07 Å². The van der Waals surface area contributed by atoms with Crippen molar-refractivity contribution in [2.24, 2.45) is 0 Å². The number of aryl methyl sites for hydroxylation is 1. The predicted octanol–water partition coefficient (Wildman–Crippen LogP) is 3.70. The van der Waals surface area contributed by atoms with Crippen LogP contribution in [0.2, 0.25) is 0 Å². The first-order chi connectivity index (χ1) is 6.93. The van der Waals surface area contributed by atoms with Crippen LogP contribution in [0.25, 0.3) is 0 Å². The molecule has 0 heterocycles. The van der Waals surface area contributed by atoms with E-state index < -0.39 is 0 Å². The van der Waals surface area contributed by atoms with Gasteiger partial charge in [0.15, 0.2) is 0 Å². The molecular formula is C13H17N. The summed E-state index contributed by atoms with van der Waals surface area (Å²) in [5.74, 6) is 0. The number of unbranched alkanes of at least 4 members (excludes halogenated alkanes) is 4. The molecule has 0 fully saturated rings.